The monoisotopic (exact) mass is 263 g/mol. The normalized spacial score (nSPS) is 11.6. The van der Waals surface area contributed by atoms with Crippen LogP contribution in [0.3, 0.4) is 0 Å². The summed E-state index contributed by atoms with van der Waals surface area (Å²) in [4.78, 5) is 22.2. The molecule has 103 valence electrons. The highest BCUT2D eigenvalue weighted by molar-refractivity contribution is 5.85. The smallest absolute Gasteiger partial charge is 0.224 e. The number of para-hydroxylation sites is 1. The van der Waals surface area contributed by atoms with Crippen molar-refractivity contribution in [1.29, 1.82) is 0 Å². The van der Waals surface area contributed by atoms with Crippen molar-refractivity contribution in [3.8, 4) is 5.75 Å². The summed E-state index contributed by atoms with van der Waals surface area (Å²) in [6.45, 7) is 2.49. The molecule has 0 aliphatic carbocycles. The zero-order valence-electron chi connectivity index (χ0n) is 11.0. The maximum Gasteiger partial charge on any atom is 0.224 e. The molecule has 0 aliphatic heterocycles. The van der Waals surface area contributed by atoms with Gasteiger partial charge in [-0.1, -0.05) is 25.1 Å². The zero-order valence-corrected chi connectivity index (χ0v) is 11.0. The van der Waals surface area contributed by atoms with Gasteiger partial charge in [0.15, 0.2) is 0 Å². The molecule has 5 heteroatoms. The lowest BCUT2D eigenvalue weighted by atomic mass is 10.1. The van der Waals surface area contributed by atoms with Crippen LogP contribution in [0.5, 0.6) is 5.75 Å². The van der Waals surface area contributed by atoms with Gasteiger partial charge in [0, 0.05) is 5.92 Å². The van der Waals surface area contributed by atoms with Crippen LogP contribution >= 0.6 is 0 Å². The van der Waals surface area contributed by atoms with Crippen molar-refractivity contribution in [3.63, 3.8) is 0 Å². The highest BCUT2D eigenvalue weighted by atomic mass is 16.5. The molecule has 0 aliphatic rings. The van der Waals surface area contributed by atoms with Crippen LogP contribution in [0.4, 0.5) is 0 Å². The Morgan fingerprint density at radius 1 is 1.37 bits per heavy atom. The molecule has 0 fully saturated rings. The van der Waals surface area contributed by atoms with E-state index in [-0.39, 0.29) is 11.8 Å². The number of primary amides is 1. The molecule has 19 heavy (non-hydrogen) atoms. The van der Waals surface area contributed by atoms with Crippen LogP contribution in [-0.2, 0) is 9.59 Å². The molecule has 0 saturated carbocycles. The number of hydrogen-bond donors (Lipinski definition) is 2. The molecule has 1 radical (unpaired) electrons. The van der Waals surface area contributed by atoms with Crippen LogP contribution < -0.4 is 15.8 Å². The summed E-state index contributed by atoms with van der Waals surface area (Å²) >= 11 is 0. The molecule has 2 amide bonds. The Morgan fingerprint density at radius 3 is 2.68 bits per heavy atom. The van der Waals surface area contributed by atoms with Gasteiger partial charge in [0.25, 0.3) is 0 Å². The number of ether oxygens (including phenoxy) is 1. The number of nitrogens with one attached hydrogen (secondary N) is 1. The Balaban J connectivity index is 2.09. The minimum absolute atomic E-state index is 0.218. The number of carbonyl (C=O) groups is 2. The van der Waals surface area contributed by atoms with E-state index in [1.165, 1.54) is 6.42 Å². The van der Waals surface area contributed by atoms with E-state index in [2.05, 4.69) is 5.32 Å². The van der Waals surface area contributed by atoms with Gasteiger partial charge in [-0.2, -0.15) is 0 Å². The molecule has 0 aromatic heterocycles. The molecular formula is C14H19N2O3. The molecule has 3 N–H and O–H groups in total. The number of rotatable bonds is 8. The van der Waals surface area contributed by atoms with Gasteiger partial charge in [-0.25, -0.2) is 0 Å². The molecular weight excluding hydrogens is 244 g/mol. The van der Waals surface area contributed by atoms with Gasteiger partial charge in [0.05, 0.1) is 13.0 Å². The first kappa shape index (κ1) is 15.0. The SMILES string of the molecule is C[C@@H](C[CH]C(=O)NCCOc1ccccc1)C(N)=O. The first-order chi connectivity index (χ1) is 9.09. The van der Waals surface area contributed by atoms with Gasteiger partial charge in [-0.3, -0.25) is 9.59 Å². The van der Waals surface area contributed by atoms with E-state index < -0.39 is 5.91 Å². The quantitative estimate of drug-likeness (QED) is 0.684. The number of amides is 2. The Morgan fingerprint density at radius 2 is 2.05 bits per heavy atom. The lowest BCUT2D eigenvalue weighted by molar-refractivity contribution is -0.121. The number of carbonyl (C=O) groups excluding carboxylic acids is 2. The van der Waals surface area contributed by atoms with E-state index in [9.17, 15) is 9.59 Å². The largest absolute Gasteiger partial charge is 0.492 e. The highest BCUT2D eigenvalue weighted by Crippen LogP contribution is 2.07. The fourth-order valence-electron chi connectivity index (χ4n) is 1.33. The first-order valence-electron chi connectivity index (χ1n) is 6.18. The van der Waals surface area contributed by atoms with Crippen molar-refractivity contribution in [2.24, 2.45) is 11.7 Å². The predicted octanol–water partition coefficient (Wildman–Crippen LogP) is 0.897. The Kier molecular flexibility index (Phi) is 6.43. The minimum atomic E-state index is -0.406. The second-order valence-electron chi connectivity index (χ2n) is 4.20. The van der Waals surface area contributed by atoms with Gasteiger partial charge in [0.2, 0.25) is 11.8 Å². The first-order valence-corrected chi connectivity index (χ1v) is 6.18. The Labute approximate surface area is 113 Å². The minimum Gasteiger partial charge on any atom is -0.492 e. The topological polar surface area (TPSA) is 81.4 Å². The second-order valence-corrected chi connectivity index (χ2v) is 4.20. The molecule has 5 nitrogen and oxygen atoms in total. The average molecular weight is 263 g/mol. The number of hydrogen-bond acceptors (Lipinski definition) is 3. The summed E-state index contributed by atoms with van der Waals surface area (Å²) in [7, 11) is 0. The molecule has 0 saturated heterocycles. The number of nitrogens with two attached hydrogens (primary N) is 1. The molecule has 0 spiro atoms. The summed E-state index contributed by atoms with van der Waals surface area (Å²) in [6.07, 6.45) is 1.78. The highest BCUT2D eigenvalue weighted by Gasteiger charge is 2.11. The van der Waals surface area contributed by atoms with E-state index >= 15 is 0 Å². The van der Waals surface area contributed by atoms with Gasteiger partial charge >= 0.3 is 0 Å². The van der Waals surface area contributed by atoms with Crippen LogP contribution in [0.2, 0.25) is 0 Å². The van der Waals surface area contributed by atoms with E-state index in [0.29, 0.717) is 19.6 Å². The summed E-state index contributed by atoms with van der Waals surface area (Å²) in [5, 5.41) is 2.68. The van der Waals surface area contributed by atoms with Gasteiger partial charge < -0.3 is 15.8 Å². The summed E-state index contributed by atoms with van der Waals surface area (Å²) in [5.74, 6) is -0.185. The van der Waals surface area contributed by atoms with Crippen molar-refractivity contribution in [3.05, 3.63) is 36.8 Å². The molecule has 0 heterocycles. The number of benzene rings is 1. The third-order valence-electron chi connectivity index (χ3n) is 2.56. The van der Waals surface area contributed by atoms with Crippen LogP contribution in [0, 0.1) is 12.3 Å². The third kappa shape index (κ3) is 6.45. The van der Waals surface area contributed by atoms with Gasteiger partial charge in [0.1, 0.15) is 12.4 Å². The average Bonchev–Trinajstić information content (AvgIpc) is 2.42. The third-order valence-corrected chi connectivity index (χ3v) is 2.56. The van der Waals surface area contributed by atoms with Crippen LogP contribution in [0.1, 0.15) is 13.3 Å². The summed E-state index contributed by atoms with van der Waals surface area (Å²) < 4.78 is 5.42. The van der Waals surface area contributed by atoms with Crippen LogP contribution in [0.15, 0.2) is 30.3 Å². The fourth-order valence-corrected chi connectivity index (χ4v) is 1.33. The molecule has 1 atom stereocenters. The molecule has 0 unspecified atom stereocenters. The van der Waals surface area contributed by atoms with E-state index in [4.69, 9.17) is 10.5 Å². The summed E-state index contributed by atoms with van der Waals surface area (Å²) in [6, 6.07) is 9.37. The van der Waals surface area contributed by atoms with Crippen molar-refractivity contribution >= 4 is 11.8 Å². The van der Waals surface area contributed by atoms with Crippen molar-refractivity contribution < 1.29 is 14.3 Å². The maximum atomic E-state index is 11.4. The van der Waals surface area contributed by atoms with E-state index in [0.717, 1.165) is 5.75 Å². The maximum absolute atomic E-state index is 11.4. The Hall–Kier alpha value is -2.04. The fraction of sp³-hybridized carbons (Fsp3) is 0.357. The molecule has 1 aromatic rings. The Bertz CT molecular complexity index is 406. The van der Waals surface area contributed by atoms with Gasteiger partial charge in [-0.05, 0) is 18.6 Å². The van der Waals surface area contributed by atoms with E-state index in [1.54, 1.807) is 6.92 Å². The lowest BCUT2D eigenvalue weighted by Crippen LogP contribution is -2.29. The van der Waals surface area contributed by atoms with Crippen molar-refractivity contribution in [2.45, 2.75) is 13.3 Å². The summed E-state index contributed by atoms with van der Waals surface area (Å²) in [5.41, 5.74) is 5.10. The van der Waals surface area contributed by atoms with Crippen LogP contribution in [0.25, 0.3) is 0 Å². The van der Waals surface area contributed by atoms with Crippen molar-refractivity contribution in [1.82, 2.24) is 5.32 Å². The lowest BCUT2D eigenvalue weighted by Gasteiger charge is -2.08. The van der Waals surface area contributed by atoms with E-state index in [1.807, 2.05) is 30.3 Å². The standard InChI is InChI=1S/C14H19N2O3/c1-11(14(15)18)7-8-13(17)16-9-10-19-12-5-3-2-4-6-12/h2-6,8,11H,7,9-10H2,1H3,(H2,15,18)(H,16,17)/t11-/m0/s1. The zero-order chi connectivity index (χ0) is 14.1. The van der Waals surface area contributed by atoms with Crippen LogP contribution in [-0.4, -0.2) is 25.0 Å². The van der Waals surface area contributed by atoms with Crippen molar-refractivity contribution in [2.75, 3.05) is 13.2 Å². The molecule has 1 rings (SSSR count). The second kappa shape index (κ2) is 8.13. The van der Waals surface area contributed by atoms with Gasteiger partial charge in [-0.15, -0.1) is 0 Å². The molecule has 1 aromatic carbocycles. The molecule has 0 bridgehead atoms. The predicted molar refractivity (Wildman–Crippen MR) is 72.2 cm³/mol.